The highest BCUT2D eigenvalue weighted by Crippen LogP contribution is 2.39. The quantitative estimate of drug-likeness (QED) is 0.694. The lowest BCUT2D eigenvalue weighted by Gasteiger charge is -2.10. The van der Waals surface area contributed by atoms with Crippen molar-refractivity contribution >= 4 is 5.78 Å². The van der Waals surface area contributed by atoms with E-state index in [1.54, 1.807) is 12.5 Å². The van der Waals surface area contributed by atoms with Crippen molar-refractivity contribution in [3.05, 3.63) is 42.5 Å². The zero-order chi connectivity index (χ0) is 10.3. The first-order valence-corrected chi connectivity index (χ1v) is 5.24. The third-order valence-corrected chi connectivity index (χ3v) is 3.25. The molecule has 3 heteroatoms. The van der Waals surface area contributed by atoms with Gasteiger partial charge in [-0.2, -0.15) is 0 Å². The second-order valence-electron chi connectivity index (χ2n) is 4.11. The molecule has 1 aromatic rings. The van der Waals surface area contributed by atoms with E-state index in [0.29, 0.717) is 5.92 Å². The van der Waals surface area contributed by atoms with Crippen LogP contribution in [0.25, 0.3) is 0 Å². The maximum atomic E-state index is 12.1. The number of allylic oxidation sites excluding steroid dienone is 4. The zero-order valence-corrected chi connectivity index (χ0v) is 8.34. The highest BCUT2D eigenvalue weighted by atomic mass is 16.1. The molecule has 0 radical (unpaired) electrons. The number of Topliss-reactive ketones (excluding diaryl/α,β-unsaturated/α-hetero) is 1. The molecule has 15 heavy (non-hydrogen) atoms. The van der Waals surface area contributed by atoms with Gasteiger partial charge in [-0.25, -0.2) is 4.98 Å². The van der Waals surface area contributed by atoms with Crippen LogP contribution in [0.5, 0.6) is 0 Å². The summed E-state index contributed by atoms with van der Waals surface area (Å²) in [6, 6.07) is -0.0244. The molecule has 0 N–H and O–H groups in total. The molecule has 0 aromatic carbocycles. The van der Waals surface area contributed by atoms with E-state index in [9.17, 15) is 4.79 Å². The number of nitrogens with zero attached hydrogens (tertiary/aromatic N) is 2. The van der Waals surface area contributed by atoms with Crippen LogP contribution in [0.4, 0.5) is 0 Å². The molecule has 0 amide bonds. The predicted octanol–water partition coefficient (Wildman–Crippen LogP) is 1.90. The van der Waals surface area contributed by atoms with Gasteiger partial charge in [0.15, 0.2) is 5.78 Å². The molecule has 0 bridgehead atoms. The minimum absolute atomic E-state index is 0.0244. The molecule has 1 heterocycles. The van der Waals surface area contributed by atoms with Crippen molar-refractivity contribution in [3.8, 4) is 0 Å². The molecule has 3 nitrogen and oxygen atoms in total. The van der Waals surface area contributed by atoms with E-state index in [0.717, 1.165) is 18.4 Å². The Hall–Kier alpha value is -1.64. The molecule has 0 spiro atoms. The summed E-state index contributed by atoms with van der Waals surface area (Å²) in [5.74, 6) is 0.692. The maximum absolute atomic E-state index is 12.1. The highest BCUT2D eigenvalue weighted by molar-refractivity contribution is 6.01. The van der Waals surface area contributed by atoms with Gasteiger partial charge in [0.25, 0.3) is 0 Å². The maximum Gasteiger partial charge on any atom is 0.181 e. The largest absolute Gasteiger partial charge is 0.327 e. The van der Waals surface area contributed by atoms with Crippen molar-refractivity contribution in [2.75, 3.05) is 0 Å². The highest BCUT2D eigenvalue weighted by Gasteiger charge is 2.37. The van der Waals surface area contributed by atoms with Gasteiger partial charge < -0.3 is 4.57 Å². The van der Waals surface area contributed by atoms with E-state index in [1.165, 1.54) is 0 Å². The van der Waals surface area contributed by atoms with Crippen molar-refractivity contribution < 1.29 is 4.79 Å². The summed E-state index contributed by atoms with van der Waals surface area (Å²) >= 11 is 0. The molecule has 76 valence electrons. The van der Waals surface area contributed by atoms with Crippen LogP contribution in [0, 0.1) is 5.92 Å². The summed E-state index contributed by atoms with van der Waals surface area (Å²) < 4.78 is 1.92. The number of ketones is 1. The number of carbonyl (C=O) groups is 1. The summed E-state index contributed by atoms with van der Waals surface area (Å²) in [4.78, 5) is 16.1. The minimum atomic E-state index is -0.0244. The minimum Gasteiger partial charge on any atom is -0.327 e. The van der Waals surface area contributed by atoms with E-state index in [4.69, 9.17) is 0 Å². The first-order valence-electron chi connectivity index (χ1n) is 5.24. The Morgan fingerprint density at radius 3 is 3.13 bits per heavy atom. The van der Waals surface area contributed by atoms with E-state index in [2.05, 4.69) is 11.1 Å². The Balaban J connectivity index is 1.95. The third kappa shape index (κ3) is 1.27. The third-order valence-electron chi connectivity index (χ3n) is 3.25. The molecule has 2 aliphatic rings. The van der Waals surface area contributed by atoms with Gasteiger partial charge in [-0.1, -0.05) is 18.2 Å². The topological polar surface area (TPSA) is 34.9 Å². The number of aromatic nitrogens is 2. The van der Waals surface area contributed by atoms with Crippen LogP contribution in [0.2, 0.25) is 0 Å². The van der Waals surface area contributed by atoms with E-state index >= 15 is 0 Å². The fourth-order valence-corrected chi connectivity index (χ4v) is 2.46. The average Bonchev–Trinajstić information content (AvgIpc) is 2.87. The smallest absolute Gasteiger partial charge is 0.181 e. The molecule has 1 fully saturated rings. The van der Waals surface area contributed by atoms with Crippen LogP contribution in [0.3, 0.4) is 0 Å². The van der Waals surface area contributed by atoms with Crippen molar-refractivity contribution in [2.24, 2.45) is 5.92 Å². The van der Waals surface area contributed by atoms with Crippen LogP contribution >= 0.6 is 0 Å². The van der Waals surface area contributed by atoms with Gasteiger partial charge in [-0.15, -0.1) is 0 Å². The molecular formula is C12H12N2O. The lowest BCUT2D eigenvalue weighted by Crippen LogP contribution is -2.12. The van der Waals surface area contributed by atoms with Gasteiger partial charge in [0.05, 0.1) is 12.4 Å². The molecule has 2 aliphatic carbocycles. The lowest BCUT2D eigenvalue weighted by atomic mass is 9.94. The SMILES string of the molecule is O=C1C2=CC=CCC2CC1n1ccnc1. The monoisotopic (exact) mass is 200 g/mol. The van der Waals surface area contributed by atoms with Crippen molar-refractivity contribution in [2.45, 2.75) is 18.9 Å². The zero-order valence-electron chi connectivity index (χ0n) is 8.34. The van der Waals surface area contributed by atoms with Crippen LogP contribution in [-0.4, -0.2) is 15.3 Å². The summed E-state index contributed by atoms with van der Waals surface area (Å²) in [7, 11) is 0. The molecule has 2 atom stereocenters. The molecule has 0 saturated heterocycles. The standard InChI is InChI=1S/C12H12N2O/c15-12-10-4-2-1-3-9(10)7-11(12)14-6-5-13-8-14/h1-2,4-6,8-9,11H,3,7H2. The number of hydrogen-bond donors (Lipinski definition) is 0. The Kier molecular flexibility index (Phi) is 1.84. The van der Waals surface area contributed by atoms with E-state index in [-0.39, 0.29) is 11.8 Å². The fourth-order valence-electron chi connectivity index (χ4n) is 2.46. The average molecular weight is 200 g/mol. The van der Waals surface area contributed by atoms with Crippen LogP contribution in [0.15, 0.2) is 42.5 Å². The Morgan fingerprint density at radius 2 is 2.40 bits per heavy atom. The second-order valence-corrected chi connectivity index (χ2v) is 4.11. The van der Waals surface area contributed by atoms with E-state index < -0.39 is 0 Å². The van der Waals surface area contributed by atoms with Gasteiger partial charge in [-0.3, -0.25) is 4.79 Å². The van der Waals surface area contributed by atoms with E-state index in [1.807, 2.05) is 22.9 Å². The van der Waals surface area contributed by atoms with Gasteiger partial charge >= 0.3 is 0 Å². The van der Waals surface area contributed by atoms with Crippen LogP contribution < -0.4 is 0 Å². The molecule has 1 saturated carbocycles. The first-order chi connectivity index (χ1) is 7.36. The number of imidazole rings is 1. The Labute approximate surface area is 88.1 Å². The normalized spacial score (nSPS) is 29.1. The second kappa shape index (κ2) is 3.19. The molecule has 2 unspecified atom stereocenters. The van der Waals surface area contributed by atoms with Gasteiger partial charge in [-0.05, 0) is 18.8 Å². The number of fused-ring (bicyclic) bond motifs is 1. The summed E-state index contributed by atoms with van der Waals surface area (Å²) in [5, 5.41) is 0. The molecule has 3 rings (SSSR count). The number of rotatable bonds is 1. The van der Waals surface area contributed by atoms with Crippen molar-refractivity contribution in [1.82, 2.24) is 9.55 Å². The fraction of sp³-hybridized carbons (Fsp3) is 0.333. The van der Waals surface area contributed by atoms with Crippen molar-refractivity contribution in [1.29, 1.82) is 0 Å². The number of hydrogen-bond acceptors (Lipinski definition) is 2. The van der Waals surface area contributed by atoms with Crippen LogP contribution in [0.1, 0.15) is 18.9 Å². The Bertz CT molecular complexity index is 442. The molecule has 0 aliphatic heterocycles. The predicted molar refractivity (Wildman–Crippen MR) is 56.2 cm³/mol. The molecular weight excluding hydrogens is 188 g/mol. The number of carbonyl (C=O) groups excluding carboxylic acids is 1. The molecule has 1 aromatic heterocycles. The van der Waals surface area contributed by atoms with Crippen molar-refractivity contribution in [3.63, 3.8) is 0 Å². The first kappa shape index (κ1) is 8.65. The Morgan fingerprint density at radius 1 is 1.47 bits per heavy atom. The summed E-state index contributed by atoms with van der Waals surface area (Å²) in [6.45, 7) is 0. The lowest BCUT2D eigenvalue weighted by molar-refractivity contribution is -0.117. The van der Waals surface area contributed by atoms with Gasteiger partial charge in [0.2, 0.25) is 0 Å². The van der Waals surface area contributed by atoms with Crippen LogP contribution in [-0.2, 0) is 4.79 Å². The van der Waals surface area contributed by atoms with Gasteiger partial charge in [0, 0.05) is 18.0 Å². The van der Waals surface area contributed by atoms with Gasteiger partial charge in [0.1, 0.15) is 0 Å². The summed E-state index contributed by atoms with van der Waals surface area (Å²) in [5.41, 5.74) is 0.996. The summed E-state index contributed by atoms with van der Waals surface area (Å²) in [6.07, 6.45) is 13.3.